The minimum atomic E-state index is -5.13. The fourth-order valence-corrected chi connectivity index (χ4v) is 7.43. The number of hydrogen-bond acceptors (Lipinski definition) is 11. The highest BCUT2D eigenvalue weighted by atomic mass is 32.2. The van der Waals surface area contributed by atoms with E-state index in [4.69, 9.17) is 5.73 Å². The monoisotopic (exact) mass is 751 g/mol. The largest absolute Gasteiger partial charge is 0.399 e. The average Bonchev–Trinajstić information content (AvgIpc) is 2.98. The molecule has 0 aliphatic carbocycles. The molecular weight excluding hydrogens is 731 g/mol. The van der Waals surface area contributed by atoms with E-state index in [-0.39, 0.29) is 51.4 Å². The second-order valence-electron chi connectivity index (χ2n) is 10.3. The van der Waals surface area contributed by atoms with E-state index in [9.17, 15) is 61.5 Å². The number of hydrogen-bond donors (Lipinski definition) is 5. The van der Waals surface area contributed by atoms with Gasteiger partial charge in [-0.2, -0.15) is 33.7 Å². The van der Waals surface area contributed by atoms with E-state index in [1.54, 1.807) is 0 Å². The van der Waals surface area contributed by atoms with Crippen molar-refractivity contribution >= 4 is 103 Å². The zero-order valence-corrected chi connectivity index (χ0v) is 27.4. The molecule has 49 heavy (non-hydrogen) atoms. The van der Waals surface area contributed by atoms with Crippen LogP contribution >= 0.6 is 0 Å². The highest BCUT2D eigenvalue weighted by Gasteiger charge is 2.26. The van der Waals surface area contributed by atoms with Gasteiger partial charge in [0.25, 0.3) is 40.5 Å². The van der Waals surface area contributed by atoms with Gasteiger partial charge in [-0.15, -0.1) is 0 Å². The summed E-state index contributed by atoms with van der Waals surface area (Å²) in [4.78, 5) is 23.5. The number of rotatable bonds is 10. The average molecular weight is 752 g/mol. The molecule has 0 heterocycles. The van der Waals surface area contributed by atoms with Gasteiger partial charge in [-0.3, -0.25) is 37.6 Å². The first-order valence-corrected chi connectivity index (χ1v) is 18.8. The third-order valence-corrected chi connectivity index (χ3v) is 10.6. The van der Waals surface area contributed by atoms with E-state index in [2.05, 4.69) is 0 Å². The molecule has 0 spiro atoms. The van der Waals surface area contributed by atoms with Crippen LogP contribution in [0.1, 0.15) is 0 Å². The lowest BCUT2D eigenvalue weighted by atomic mass is 10.1. The molecule has 2 amide bonds. The zero-order valence-electron chi connectivity index (χ0n) is 24.1. The number of carbonyl (C=O) groups is 2. The van der Waals surface area contributed by atoms with Crippen LogP contribution in [0.5, 0.6) is 0 Å². The van der Waals surface area contributed by atoms with Crippen LogP contribution in [0.4, 0.5) is 28.4 Å². The van der Waals surface area contributed by atoms with E-state index in [0.717, 1.165) is 66.7 Å². The zero-order chi connectivity index (χ0) is 36.3. The Morgan fingerprint density at radius 2 is 0.837 bits per heavy atom. The first-order chi connectivity index (χ1) is 22.6. The van der Waals surface area contributed by atoms with Crippen molar-refractivity contribution in [3.8, 4) is 0 Å². The number of nitrogen functional groups attached to an aromatic ring is 1. The molecule has 0 saturated carbocycles. The Bertz CT molecular complexity index is 2500. The van der Waals surface area contributed by atoms with Gasteiger partial charge in [0.15, 0.2) is 0 Å². The van der Waals surface area contributed by atoms with Crippen LogP contribution in [-0.2, 0) is 50.1 Å². The third kappa shape index (κ3) is 7.09. The van der Waals surface area contributed by atoms with Crippen LogP contribution in [0.25, 0.3) is 21.5 Å². The van der Waals surface area contributed by atoms with Crippen molar-refractivity contribution in [3.05, 3.63) is 78.9 Å². The van der Waals surface area contributed by atoms with Gasteiger partial charge in [0.2, 0.25) is 12.8 Å². The van der Waals surface area contributed by atoms with Crippen LogP contribution in [0.15, 0.2) is 98.4 Å². The maximum absolute atomic E-state index is 12.5. The molecule has 5 aromatic rings. The highest BCUT2D eigenvalue weighted by Crippen LogP contribution is 2.40. The smallest absolute Gasteiger partial charge is 0.296 e. The summed E-state index contributed by atoms with van der Waals surface area (Å²) in [7, 11) is -19.7. The lowest BCUT2D eigenvalue weighted by Crippen LogP contribution is -2.20. The molecule has 6 N–H and O–H groups in total. The van der Waals surface area contributed by atoms with Gasteiger partial charge in [-0.1, -0.05) is 12.1 Å². The maximum Gasteiger partial charge on any atom is 0.296 e. The van der Waals surface area contributed by atoms with Gasteiger partial charge in [-0.05, 0) is 88.3 Å². The van der Waals surface area contributed by atoms with Gasteiger partial charge in [-0.25, -0.2) is 0 Å². The molecule has 0 atom stereocenters. The molecule has 0 bridgehead atoms. The molecule has 17 nitrogen and oxygen atoms in total. The van der Waals surface area contributed by atoms with E-state index in [0.29, 0.717) is 9.80 Å². The number of anilines is 5. The quantitative estimate of drug-likeness (QED) is 0.0778. The molecule has 5 rings (SSSR count). The topological polar surface area (TPSA) is 284 Å². The summed E-state index contributed by atoms with van der Waals surface area (Å²) in [5.74, 6) is 0. The number of carbonyl (C=O) groups excluding carboxylic acids is 2. The second-order valence-corrected chi connectivity index (χ2v) is 15.9. The molecule has 256 valence electrons. The normalized spacial score (nSPS) is 12.6. The Morgan fingerprint density at radius 3 is 1.14 bits per heavy atom. The number of nitrogens with two attached hydrogens (primary N) is 1. The summed E-state index contributed by atoms with van der Waals surface area (Å²) in [5.41, 5.74) is 4.48. The van der Waals surface area contributed by atoms with Crippen LogP contribution in [-0.4, -0.2) is 64.7 Å². The molecular formula is C28H21N3O14S4. The van der Waals surface area contributed by atoms with Crippen molar-refractivity contribution in [2.24, 2.45) is 0 Å². The molecule has 5 aromatic carbocycles. The lowest BCUT2D eigenvalue weighted by molar-refractivity contribution is -0.107. The Labute approximate surface area is 277 Å². The van der Waals surface area contributed by atoms with Crippen molar-refractivity contribution < 1.29 is 61.5 Å². The van der Waals surface area contributed by atoms with Crippen molar-refractivity contribution in [1.82, 2.24) is 0 Å². The summed E-state index contributed by atoms with van der Waals surface area (Å²) in [6.45, 7) is 0. The first-order valence-electron chi connectivity index (χ1n) is 13.1. The van der Waals surface area contributed by atoms with E-state index in [1.807, 2.05) is 0 Å². The van der Waals surface area contributed by atoms with Crippen LogP contribution < -0.4 is 15.5 Å². The summed E-state index contributed by atoms with van der Waals surface area (Å²) >= 11 is 0. The van der Waals surface area contributed by atoms with Crippen LogP contribution in [0.3, 0.4) is 0 Å². The molecule has 0 unspecified atom stereocenters. The second kappa shape index (κ2) is 12.2. The molecule has 21 heteroatoms. The predicted molar refractivity (Wildman–Crippen MR) is 174 cm³/mol. The Hall–Kier alpha value is -5.00. The number of benzene rings is 5. The Morgan fingerprint density at radius 1 is 0.469 bits per heavy atom. The van der Waals surface area contributed by atoms with Crippen molar-refractivity contribution in [3.63, 3.8) is 0 Å². The number of fused-ring (bicyclic) bond motifs is 2. The Balaban J connectivity index is 1.72. The minimum Gasteiger partial charge on any atom is -0.399 e. The van der Waals surface area contributed by atoms with Gasteiger partial charge < -0.3 is 5.73 Å². The van der Waals surface area contributed by atoms with E-state index < -0.39 is 71.4 Å². The maximum atomic E-state index is 12.5. The summed E-state index contributed by atoms with van der Waals surface area (Å²) in [6.07, 6.45) is 0.247. The highest BCUT2D eigenvalue weighted by molar-refractivity contribution is 7.86. The SMILES string of the molecule is Nc1cc(N(C=O)c2cc3ccc(S(=O)(=O)O)cc3cc2S(=O)(=O)O)cc(N(C=O)c2cc3ccc(S(=O)(=O)O)cc3cc2S(=O)(=O)O)c1. The summed E-state index contributed by atoms with van der Waals surface area (Å²) in [6, 6.07) is 13.5. The van der Waals surface area contributed by atoms with E-state index >= 15 is 0 Å². The Kier molecular flexibility index (Phi) is 8.76. The number of amides is 2. The molecule has 0 saturated heterocycles. The first kappa shape index (κ1) is 35.3. The molecule has 0 aliphatic rings. The standard InChI is InChI=1S/C28H21N3O14S4/c29-20-11-21(30(14-32)25-7-16-1-3-23(46(34,35)36)5-18(16)9-27(25)48(40,41)42)13-22(12-20)31(15-33)26-8-17-2-4-24(47(37,38)39)6-19(17)10-28(26)49(43,44)45/h1-15H,29H2,(H,34,35,36)(H,37,38,39)(H,40,41,42)(H,43,44,45). The van der Waals surface area contributed by atoms with Gasteiger partial charge >= 0.3 is 0 Å². The van der Waals surface area contributed by atoms with Crippen molar-refractivity contribution in [2.75, 3.05) is 15.5 Å². The number of nitrogens with zero attached hydrogens (tertiary/aromatic N) is 2. The van der Waals surface area contributed by atoms with Crippen LogP contribution in [0.2, 0.25) is 0 Å². The fourth-order valence-electron chi connectivity index (χ4n) is 5.01. The molecule has 0 aromatic heterocycles. The molecule has 0 radical (unpaired) electrons. The summed E-state index contributed by atoms with van der Waals surface area (Å²) in [5, 5.41) is 0.142. The van der Waals surface area contributed by atoms with Crippen molar-refractivity contribution in [1.29, 1.82) is 0 Å². The van der Waals surface area contributed by atoms with Crippen molar-refractivity contribution in [2.45, 2.75) is 19.6 Å². The van der Waals surface area contributed by atoms with Gasteiger partial charge in [0, 0.05) is 5.69 Å². The van der Waals surface area contributed by atoms with E-state index in [1.165, 1.54) is 12.1 Å². The van der Waals surface area contributed by atoms with Crippen LogP contribution in [0, 0.1) is 0 Å². The molecule has 0 fully saturated rings. The molecule has 0 aliphatic heterocycles. The lowest BCUT2D eigenvalue weighted by Gasteiger charge is -2.25. The summed E-state index contributed by atoms with van der Waals surface area (Å²) < 4.78 is 135. The minimum absolute atomic E-state index is 0.0736. The van der Waals surface area contributed by atoms with Gasteiger partial charge in [0.05, 0.1) is 32.5 Å². The van der Waals surface area contributed by atoms with Gasteiger partial charge in [0.1, 0.15) is 9.79 Å². The predicted octanol–water partition coefficient (Wildman–Crippen LogP) is 3.15. The third-order valence-electron chi connectivity index (χ3n) is 7.14. The fraction of sp³-hybridized carbons (Fsp3) is 0.